The summed E-state index contributed by atoms with van der Waals surface area (Å²) in [5.41, 5.74) is 1.30. The predicted octanol–water partition coefficient (Wildman–Crippen LogP) is 2.68. The van der Waals surface area contributed by atoms with E-state index in [1.54, 1.807) is 29.7 Å². The average molecular weight is 475 g/mol. The van der Waals surface area contributed by atoms with E-state index in [1.165, 1.54) is 23.2 Å². The molecule has 1 N–H and O–H groups in total. The highest BCUT2D eigenvalue weighted by Gasteiger charge is 2.28. The van der Waals surface area contributed by atoms with Gasteiger partial charge in [0, 0.05) is 24.9 Å². The number of rotatable bonds is 5. The van der Waals surface area contributed by atoms with Crippen LogP contribution in [0.25, 0.3) is 10.8 Å². The number of carbonyl (C=O) groups is 2. The van der Waals surface area contributed by atoms with E-state index in [2.05, 4.69) is 15.2 Å². The highest BCUT2D eigenvalue weighted by molar-refractivity contribution is 5.95. The Bertz CT molecular complexity index is 1510. The monoisotopic (exact) mass is 475 g/mol. The Hall–Kier alpha value is -4.34. The molecule has 0 saturated heterocycles. The standard InChI is InChI=1S/C25H22FN5O4/c1-2-35-25(34)21-13-27-22-14-30(9-10-31(21)22)24(33)18-11-15(7-8-19(18)26)12-20-16-5-3-4-6-17(16)23(32)29-28-20/h3-8,11,13H,2,9-10,12,14H2,1H3,(H,29,32). The van der Waals surface area contributed by atoms with E-state index in [4.69, 9.17) is 4.74 Å². The zero-order chi connectivity index (χ0) is 24.5. The van der Waals surface area contributed by atoms with Gasteiger partial charge in [0.25, 0.3) is 11.5 Å². The van der Waals surface area contributed by atoms with Gasteiger partial charge in [-0.2, -0.15) is 5.10 Å². The molecule has 3 heterocycles. The number of esters is 1. The first kappa shape index (κ1) is 22.5. The van der Waals surface area contributed by atoms with Crippen molar-refractivity contribution in [3.63, 3.8) is 0 Å². The Morgan fingerprint density at radius 1 is 1.14 bits per heavy atom. The van der Waals surface area contributed by atoms with Crippen LogP contribution >= 0.6 is 0 Å². The first-order valence-electron chi connectivity index (χ1n) is 11.2. The summed E-state index contributed by atoms with van der Waals surface area (Å²) < 4.78 is 21.5. The Labute approximate surface area is 199 Å². The summed E-state index contributed by atoms with van der Waals surface area (Å²) in [5.74, 6) is -1.02. The number of ether oxygens (including phenoxy) is 1. The largest absolute Gasteiger partial charge is 0.461 e. The molecule has 0 saturated carbocycles. The maximum atomic E-state index is 14.7. The third-order valence-corrected chi connectivity index (χ3v) is 6.04. The number of nitrogens with zero attached hydrogens (tertiary/aromatic N) is 4. The molecule has 0 fully saturated rings. The van der Waals surface area contributed by atoms with Crippen LogP contribution < -0.4 is 5.56 Å². The molecule has 2 aromatic heterocycles. The molecular formula is C25H22FN5O4. The number of aromatic nitrogens is 4. The molecular weight excluding hydrogens is 453 g/mol. The van der Waals surface area contributed by atoms with Gasteiger partial charge in [-0.25, -0.2) is 19.3 Å². The summed E-state index contributed by atoms with van der Waals surface area (Å²) in [4.78, 5) is 43.2. The lowest BCUT2D eigenvalue weighted by Gasteiger charge is -2.28. The zero-order valence-corrected chi connectivity index (χ0v) is 19.0. The quantitative estimate of drug-likeness (QED) is 0.445. The first-order chi connectivity index (χ1) is 17.0. The van der Waals surface area contributed by atoms with Gasteiger partial charge in [-0.1, -0.05) is 24.3 Å². The second-order valence-corrected chi connectivity index (χ2v) is 8.19. The number of halogens is 1. The minimum atomic E-state index is -0.626. The van der Waals surface area contributed by atoms with Crippen LogP contribution in [-0.2, 0) is 24.2 Å². The molecule has 0 atom stereocenters. The van der Waals surface area contributed by atoms with Crippen LogP contribution in [0.4, 0.5) is 4.39 Å². The topological polar surface area (TPSA) is 110 Å². The van der Waals surface area contributed by atoms with Gasteiger partial charge in [0.1, 0.15) is 17.3 Å². The Morgan fingerprint density at radius 2 is 1.94 bits per heavy atom. The Morgan fingerprint density at radius 3 is 2.74 bits per heavy atom. The molecule has 2 aromatic carbocycles. The van der Waals surface area contributed by atoms with Crippen LogP contribution in [0, 0.1) is 5.82 Å². The molecule has 0 bridgehead atoms. The molecule has 0 spiro atoms. The minimum absolute atomic E-state index is 0.0538. The minimum Gasteiger partial charge on any atom is -0.461 e. The van der Waals surface area contributed by atoms with Crippen molar-refractivity contribution in [3.8, 4) is 0 Å². The van der Waals surface area contributed by atoms with Crippen molar-refractivity contribution in [1.29, 1.82) is 0 Å². The highest BCUT2D eigenvalue weighted by Crippen LogP contribution is 2.22. The van der Waals surface area contributed by atoms with Crippen molar-refractivity contribution < 1.29 is 18.7 Å². The van der Waals surface area contributed by atoms with Crippen LogP contribution in [0.1, 0.15) is 44.9 Å². The zero-order valence-electron chi connectivity index (χ0n) is 19.0. The molecule has 0 radical (unpaired) electrons. The van der Waals surface area contributed by atoms with Gasteiger partial charge < -0.3 is 14.2 Å². The lowest BCUT2D eigenvalue weighted by molar-refractivity contribution is 0.0509. The second-order valence-electron chi connectivity index (χ2n) is 8.19. The van der Waals surface area contributed by atoms with E-state index in [0.29, 0.717) is 53.1 Å². The number of amides is 1. The van der Waals surface area contributed by atoms with Crippen molar-refractivity contribution in [2.45, 2.75) is 26.4 Å². The third kappa shape index (κ3) is 4.18. The van der Waals surface area contributed by atoms with E-state index < -0.39 is 17.7 Å². The molecule has 178 valence electrons. The molecule has 9 nitrogen and oxygen atoms in total. The fourth-order valence-corrected chi connectivity index (χ4v) is 4.32. The number of aromatic amines is 1. The Kier molecular flexibility index (Phi) is 5.86. The van der Waals surface area contributed by atoms with Crippen molar-refractivity contribution in [2.24, 2.45) is 0 Å². The van der Waals surface area contributed by atoms with Gasteiger partial charge >= 0.3 is 5.97 Å². The summed E-state index contributed by atoms with van der Waals surface area (Å²) in [6.45, 7) is 2.77. The van der Waals surface area contributed by atoms with Gasteiger partial charge in [0.2, 0.25) is 0 Å². The molecule has 1 aliphatic heterocycles. The number of hydrogen-bond acceptors (Lipinski definition) is 6. The smallest absolute Gasteiger partial charge is 0.356 e. The van der Waals surface area contributed by atoms with Gasteiger partial charge in [0.05, 0.1) is 36.0 Å². The number of fused-ring (bicyclic) bond motifs is 2. The van der Waals surface area contributed by atoms with Crippen molar-refractivity contribution in [1.82, 2.24) is 24.6 Å². The predicted molar refractivity (Wildman–Crippen MR) is 124 cm³/mol. The lowest BCUT2D eigenvalue weighted by atomic mass is 10.0. The van der Waals surface area contributed by atoms with Crippen molar-refractivity contribution >= 4 is 22.6 Å². The molecule has 0 unspecified atom stereocenters. The van der Waals surface area contributed by atoms with Crippen LogP contribution in [0.5, 0.6) is 0 Å². The maximum Gasteiger partial charge on any atom is 0.356 e. The number of imidazole rings is 1. The lowest BCUT2D eigenvalue weighted by Crippen LogP contribution is -2.39. The van der Waals surface area contributed by atoms with E-state index in [9.17, 15) is 18.8 Å². The SMILES string of the molecule is CCOC(=O)c1cnc2n1CCN(C(=O)c1cc(Cc3n[nH]c(=O)c4ccccc34)ccc1F)C2. The van der Waals surface area contributed by atoms with Crippen LogP contribution in [-0.4, -0.2) is 49.7 Å². The number of hydrogen-bond donors (Lipinski definition) is 1. The van der Waals surface area contributed by atoms with Crippen molar-refractivity contribution in [2.75, 3.05) is 13.2 Å². The normalized spacial score (nSPS) is 13.0. The molecule has 4 aromatic rings. The molecule has 35 heavy (non-hydrogen) atoms. The maximum absolute atomic E-state index is 14.7. The van der Waals surface area contributed by atoms with Gasteiger partial charge in [-0.3, -0.25) is 9.59 Å². The average Bonchev–Trinajstić information content (AvgIpc) is 3.30. The number of nitrogens with one attached hydrogen (secondary N) is 1. The van der Waals surface area contributed by atoms with Crippen molar-refractivity contribution in [3.05, 3.63) is 93.2 Å². The van der Waals surface area contributed by atoms with E-state index in [1.807, 2.05) is 12.1 Å². The van der Waals surface area contributed by atoms with Gasteiger partial charge in [0.15, 0.2) is 0 Å². The van der Waals surface area contributed by atoms with Crippen LogP contribution in [0.2, 0.25) is 0 Å². The van der Waals surface area contributed by atoms with Crippen LogP contribution in [0.15, 0.2) is 53.5 Å². The number of carbonyl (C=O) groups excluding carboxylic acids is 2. The summed E-state index contributed by atoms with van der Waals surface area (Å²) in [6.07, 6.45) is 1.75. The summed E-state index contributed by atoms with van der Waals surface area (Å²) in [6, 6.07) is 11.5. The summed E-state index contributed by atoms with van der Waals surface area (Å²) in [5, 5.41) is 7.88. The fourth-order valence-electron chi connectivity index (χ4n) is 4.32. The summed E-state index contributed by atoms with van der Waals surface area (Å²) >= 11 is 0. The number of H-pyrrole nitrogens is 1. The molecule has 5 rings (SSSR count). The van der Waals surface area contributed by atoms with Gasteiger partial charge in [-0.15, -0.1) is 0 Å². The van der Waals surface area contributed by atoms with E-state index in [-0.39, 0.29) is 24.3 Å². The second kappa shape index (κ2) is 9.13. The van der Waals surface area contributed by atoms with Gasteiger partial charge in [-0.05, 0) is 30.7 Å². The van der Waals surface area contributed by atoms with Crippen LogP contribution in [0.3, 0.4) is 0 Å². The fraction of sp³-hybridized carbons (Fsp3) is 0.240. The first-order valence-corrected chi connectivity index (χ1v) is 11.2. The molecule has 1 amide bonds. The van der Waals surface area contributed by atoms with E-state index >= 15 is 0 Å². The van der Waals surface area contributed by atoms with E-state index in [0.717, 1.165) is 0 Å². The Balaban J connectivity index is 1.39. The molecule has 0 aliphatic carbocycles. The molecule has 1 aliphatic rings. The molecule has 10 heteroatoms. The summed E-state index contributed by atoms with van der Waals surface area (Å²) in [7, 11) is 0. The third-order valence-electron chi connectivity index (χ3n) is 6.04. The highest BCUT2D eigenvalue weighted by atomic mass is 19.1. The number of benzene rings is 2.